The van der Waals surface area contributed by atoms with E-state index in [1.165, 1.54) is 31.2 Å². The van der Waals surface area contributed by atoms with Crippen molar-refractivity contribution in [2.75, 3.05) is 19.6 Å². The number of benzene rings is 1. The summed E-state index contributed by atoms with van der Waals surface area (Å²) in [5, 5.41) is 0. The van der Waals surface area contributed by atoms with Gasteiger partial charge in [-0.1, -0.05) is 57.0 Å². The molecule has 20 heavy (non-hydrogen) atoms. The second kappa shape index (κ2) is 9.15. The van der Waals surface area contributed by atoms with Crippen LogP contribution in [0.15, 0.2) is 30.3 Å². The molecule has 0 bridgehead atoms. The summed E-state index contributed by atoms with van der Waals surface area (Å²) < 4.78 is 1.00. The molecule has 0 aliphatic heterocycles. The lowest BCUT2D eigenvalue weighted by Crippen LogP contribution is -2.59. The highest BCUT2D eigenvalue weighted by Crippen LogP contribution is 2.29. The quantitative estimate of drug-likeness (QED) is 0.372. The van der Waals surface area contributed by atoms with E-state index in [0.717, 1.165) is 24.2 Å². The van der Waals surface area contributed by atoms with Crippen molar-refractivity contribution >= 4 is 0 Å². The molecule has 0 aromatic heterocycles. The zero-order valence-corrected chi connectivity index (χ0v) is 13.9. The Morgan fingerprint density at radius 3 is 2.10 bits per heavy atom. The lowest BCUT2D eigenvalue weighted by atomic mass is 10.0. The highest BCUT2D eigenvalue weighted by atomic mass is 15.7. The molecule has 114 valence electrons. The largest absolute Gasteiger partial charge is 0.240 e. The lowest BCUT2D eigenvalue weighted by molar-refractivity contribution is -0.994. The number of nitrogens with one attached hydrogen (secondary N) is 1. The summed E-state index contributed by atoms with van der Waals surface area (Å²) in [6.45, 7) is 12.6. The van der Waals surface area contributed by atoms with Crippen molar-refractivity contribution in [2.45, 2.75) is 59.4 Å². The van der Waals surface area contributed by atoms with Crippen molar-refractivity contribution < 1.29 is 4.59 Å². The number of hydrogen-bond acceptors (Lipinski definition) is 1. The van der Waals surface area contributed by atoms with E-state index in [-0.39, 0.29) is 0 Å². The van der Waals surface area contributed by atoms with Crippen molar-refractivity contribution in [1.29, 1.82) is 0 Å². The molecule has 0 aliphatic rings. The first kappa shape index (κ1) is 17.2. The number of nitrogens with zero attached hydrogens (tertiary/aromatic N) is 1. The fraction of sp³-hybridized carbons (Fsp3) is 0.667. The zero-order chi connectivity index (χ0) is 14.8. The molecule has 0 spiro atoms. The van der Waals surface area contributed by atoms with Gasteiger partial charge in [0.25, 0.3) is 0 Å². The first-order valence-electron chi connectivity index (χ1n) is 8.40. The summed E-state index contributed by atoms with van der Waals surface area (Å²) in [5.74, 6) is 0. The molecule has 2 nitrogen and oxygen atoms in total. The second-order valence-electron chi connectivity index (χ2n) is 5.62. The smallest absolute Gasteiger partial charge is 0.132 e. The molecule has 1 unspecified atom stereocenters. The Morgan fingerprint density at radius 2 is 1.60 bits per heavy atom. The second-order valence-corrected chi connectivity index (χ2v) is 5.62. The van der Waals surface area contributed by atoms with Gasteiger partial charge in [0.05, 0.1) is 13.1 Å². The number of rotatable bonds is 10. The van der Waals surface area contributed by atoms with E-state index in [2.05, 4.69) is 63.5 Å². The molecule has 1 aromatic rings. The van der Waals surface area contributed by atoms with Crippen LogP contribution in [0, 0.1) is 0 Å². The SMILES string of the molecule is CCCCCN[N+](CC)(CC)C(CC)c1ccccc1. The Bertz CT molecular complexity index is 344. The maximum absolute atomic E-state index is 3.85. The Labute approximate surface area is 125 Å². The molecule has 0 heterocycles. The fourth-order valence-electron chi connectivity index (χ4n) is 3.22. The van der Waals surface area contributed by atoms with Crippen LogP contribution in [0.3, 0.4) is 0 Å². The van der Waals surface area contributed by atoms with Crippen LogP contribution in [0.1, 0.15) is 65.0 Å². The zero-order valence-electron chi connectivity index (χ0n) is 13.9. The Morgan fingerprint density at radius 1 is 0.950 bits per heavy atom. The van der Waals surface area contributed by atoms with Crippen molar-refractivity contribution in [2.24, 2.45) is 0 Å². The average molecular weight is 277 g/mol. The van der Waals surface area contributed by atoms with E-state index in [1.807, 2.05) is 0 Å². The normalized spacial score (nSPS) is 13.4. The van der Waals surface area contributed by atoms with Crippen LogP contribution >= 0.6 is 0 Å². The predicted octanol–water partition coefficient (Wildman–Crippen LogP) is 4.69. The molecule has 0 aliphatic carbocycles. The first-order chi connectivity index (χ1) is 9.74. The van der Waals surface area contributed by atoms with Gasteiger partial charge in [-0.2, -0.15) is 5.43 Å². The summed E-state index contributed by atoms with van der Waals surface area (Å²) in [6.07, 6.45) is 5.06. The Balaban J connectivity index is 2.85. The van der Waals surface area contributed by atoms with Gasteiger partial charge in [0.1, 0.15) is 6.04 Å². The maximum Gasteiger partial charge on any atom is 0.132 e. The van der Waals surface area contributed by atoms with Gasteiger partial charge in [0.15, 0.2) is 0 Å². The molecule has 0 fully saturated rings. The number of quaternary nitrogens is 1. The van der Waals surface area contributed by atoms with E-state index in [1.54, 1.807) is 0 Å². The van der Waals surface area contributed by atoms with Crippen molar-refractivity contribution in [3.8, 4) is 0 Å². The van der Waals surface area contributed by atoms with Gasteiger partial charge in [0, 0.05) is 18.5 Å². The number of hydrogen-bond donors (Lipinski definition) is 1. The van der Waals surface area contributed by atoms with Crippen LogP contribution in [-0.4, -0.2) is 24.2 Å². The van der Waals surface area contributed by atoms with Gasteiger partial charge in [-0.3, -0.25) is 0 Å². The van der Waals surface area contributed by atoms with Crippen LogP contribution in [-0.2, 0) is 0 Å². The third-order valence-corrected chi connectivity index (χ3v) is 4.50. The van der Waals surface area contributed by atoms with E-state index in [9.17, 15) is 0 Å². The van der Waals surface area contributed by atoms with Crippen LogP contribution in [0.2, 0.25) is 0 Å². The molecule has 1 rings (SSSR count). The molecule has 0 radical (unpaired) electrons. The molecule has 0 saturated heterocycles. The Hall–Kier alpha value is -0.860. The summed E-state index contributed by atoms with van der Waals surface area (Å²) in [7, 11) is 0. The van der Waals surface area contributed by atoms with Crippen molar-refractivity contribution in [3.05, 3.63) is 35.9 Å². The average Bonchev–Trinajstić information content (AvgIpc) is 2.51. The third kappa shape index (κ3) is 4.32. The lowest BCUT2D eigenvalue weighted by Gasteiger charge is -2.43. The summed E-state index contributed by atoms with van der Waals surface area (Å²) in [6, 6.07) is 11.5. The van der Waals surface area contributed by atoms with Gasteiger partial charge < -0.3 is 0 Å². The standard InChI is InChI=1S/C18H33N2/c1-5-9-13-16-19-20(7-3,8-4)18(6-2)17-14-11-10-12-15-17/h10-12,14-15,18-19H,5-9,13,16H2,1-4H3/q+1. The molecular weight excluding hydrogens is 244 g/mol. The van der Waals surface area contributed by atoms with Gasteiger partial charge in [0.2, 0.25) is 0 Å². The van der Waals surface area contributed by atoms with Gasteiger partial charge >= 0.3 is 0 Å². The minimum atomic E-state index is 0.549. The van der Waals surface area contributed by atoms with Crippen LogP contribution in [0.25, 0.3) is 0 Å². The van der Waals surface area contributed by atoms with Crippen LogP contribution in [0.5, 0.6) is 0 Å². The summed E-state index contributed by atoms with van der Waals surface area (Å²) in [4.78, 5) is 0. The fourth-order valence-corrected chi connectivity index (χ4v) is 3.22. The highest BCUT2D eigenvalue weighted by Gasteiger charge is 2.34. The molecule has 2 heteroatoms. The molecule has 1 aromatic carbocycles. The van der Waals surface area contributed by atoms with E-state index in [0.29, 0.717) is 6.04 Å². The van der Waals surface area contributed by atoms with Crippen LogP contribution in [0.4, 0.5) is 0 Å². The topological polar surface area (TPSA) is 12.0 Å². The Kier molecular flexibility index (Phi) is 7.86. The molecule has 1 atom stereocenters. The minimum Gasteiger partial charge on any atom is -0.240 e. The molecule has 0 amide bonds. The summed E-state index contributed by atoms with van der Waals surface area (Å²) >= 11 is 0. The highest BCUT2D eigenvalue weighted by molar-refractivity contribution is 5.17. The first-order valence-corrected chi connectivity index (χ1v) is 8.40. The number of unbranched alkanes of at least 4 members (excludes halogenated alkanes) is 2. The van der Waals surface area contributed by atoms with Crippen LogP contribution < -0.4 is 5.43 Å². The maximum atomic E-state index is 3.85. The van der Waals surface area contributed by atoms with Crippen molar-refractivity contribution in [3.63, 3.8) is 0 Å². The van der Waals surface area contributed by atoms with E-state index >= 15 is 0 Å². The molecule has 0 saturated carbocycles. The van der Waals surface area contributed by atoms with Crippen molar-refractivity contribution in [1.82, 2.24) is 5.43 Å². The monoisotopic (exact) mass is 277 g/mol. The summed E-state index contributed by atoms with van der Waals surface area (Å²) in [5.41, 5.74) is 5.31. The molecule has 1 N–H and O–H groups in total. The third-order valence-electron chi connectivity index (χ3n) is 4.50. The van der Waals surface area contributed by atoms with Gasteiger partial charge in [-0.15, -0.1) is 0 Å². The minimum absolute atomic E-state index is 0.549. The van der Waals surface area contributed by atoms with E-state index in [4.69, 9.17) is 0 Å². The van der Waals surface area contributed by atoms with E-state index < -0.39 is 0 Å². The predicted molar refractivity (Wildman–Crippen MR) is 88.3 cm³/mol. The molecular formula is C18H33N2+. The van der Waals surface area contributed by atoms with Gasteiger partial charge in [-0.25, -0.2) is 4.59 Å². The van der Waals surface area contributed by atoms with Gasteiger partial charge in [-0.05, 0) is 20.3 Å².